The number of aryl methyl sites for hydroxylation is 1. The summed E-state index contributed by atoms with van der Waals surface area (Å²) in [6.45, 7) is 4.30. The second-order valence-electron chi connectivity index (χ2n) is 5.26. The van der Waals surface area contributed by atoms with Gasteiger partial charge in [0.25, 0.3) is 0 Å². The summed E-state index contributed by atoms with van der Waals surface area (Å²) >= 11 is 5.74. The molecular formula is C14H19BrIN3O. The number of nitrogens with zero attached hydrogens (tertiary/aromatic N) is 1. The first-order valence-electron chi connectivity index (χ1n) is 6.87. The molecule has 6 heteroatoms. The van der Waals surface area contributed by atoms with E-state index in [2.05, 4.69) is 68.0 Å². The number of carbonyl (C=O) groups is 1. The summed E-state index contributed by atoms with van der Waals surface area (Å²) in [5.74, 6) is 1.14. The quantitative estimate of drug-likeness (QED) is 0.319. The monoisotopic (exact) mass is 451 g/mol. The van der Waals surface area contributed by atoms with E-state index in [0.717, 1.165) is 23.9 Å². The minimum absolute atomic E-state index is 0.00376. The maximum atomic E-state index is 12.3. The van der Waals surface area contributed by atoms with Gasteiger partial charge < -0.3 is 5.32 Å². The topological polar surface area (TPSA) is 54.0 Å². The van der Waals surface area contributed by atoms with Crippen molar-refractivity contribution < 1.29 is 4.79 Å². The van der Waals surface area contributed by atoms with Gasteiger partial charge in [-0.3, -0.25) is 10.1 Å². The highest BCUT2D eigenvalue weighted by atomic mass is 127. The third-order valence-corrected chi connectivity index (χ3v) is 5.42. The zero-order valence-electron chi connectivity index (χ0n) is 11.6. The Morgan fingerprint density at radius 3 is 2.95 bits per heavy atom. The van der Waals surface area contributed by atoms with E-state index in [4.69, 9.17) is 0 Å². The summed E-state index contributed by atoms with van der Waals surface area (Å²) in [6.07, 6.45) is 2.93. The summed E-state index contributed by atoms with van der Waals surface area (Å²) in [6, 6.07) is 3.82. The number of pyridine rings is 1. The van der Waals surface area contributed by atoms with Crippen LogP contribution in [0.2, 0.25) is 0 Å². The third kappa shape index (κ3) is 4.14. The van der Waals surface area contributed by atoms with Gasteiger partial charge in [-0.2, -0.15) is 0 Å². The number of halogens is 2. The lowest BCUT2D eigenvalue weighted by Crippen LogP contribution is -2.37. The average molecular weight is 452 g/mol. The fourth-order valence-corrected chi connectivity index (χ4v) is 3.57. The average Bonchev–Trinajstić information content (AvgIpc) is 2.69. The molecule has 4 nitrogen and oxygen atoms in total. The Bertz CT molecular complexity index is 487. The van der Waals surface area contributed by atoms with Gasteiger partial charge in [-0.25, -0.2) is 4.98 Å². The molecule has 20 heavy (non-hydrogen) atoms. The number of anilines is 1. The minimum Gasteiger partial charge on any atom is -0.309 e. The van der Waals surface area contributed by atoms with Crippen molar-refractivity contribution in [3.63, 3.8) is 0 Å². The van der Waals surface area contributed by atoms with Crippen molar-refractivity contribution in [3.05, 3.63) is 22.3 Å². The van der Waals surface area contributed by atoms with Gasteiger partial charge in [-0.05, 0) is 52.4 Å². The van der Waals surface area contributed by atoms with Gasteiger partial charge >= 0.3 is 0 Å². The predicted molar refractivity (Wildman–Crippen MR) is 93.1 cm³/mol. The molecule has 1 fully saturated rings. The van der Waals surface area contributed by atoms with Crippen molar-refractivity contribution in [2.24, 2.45) is 5.92 Å². The Morgan fingerprint density at radius 1 is 1.60 bits per heavy atom. The van der Waals surface area contributed by atoms with Crippen molar-refractivity contribution >= 4 is 50.2 Å². The van der Waals surface area contributed by atoms with E-state index in [-0.39, 0.29) is 11.9 Å². The van der Waals surface area contributed by atoms with Crippen LogP contribution in [-0.4, -0.2) is 21.0 Å². The number of aromatic nitrogens is 1. The maximum Gasteiger partial charge on any atom is 0.242 e. The van der Waals surface area contributed by atoms with Crippen molar-refractivity contribution in [2.45, 2.75) is 43.2 Å². The largest absolute Gasteiger partial charge is 0.309 e. The van der Waals surface area contributed by atoms with Gasteiger partial charge in [0.15, 0.2) is 0 Å². The molecule has 1 aromatic heterocycles. The van der Waals surface area contributed by atoms with E-state index in [1.54, 1.807) is 0 Å². The van der Waals surface area contributed by atoms with Gasteiger partial charge in [0.1, 0.15) is 10.4 Å². The number of rotatable bonds is 4. The Labute approximate surface area is 141 Å². The van der Waals surface area contributed by atoms with Gasteiger partial charge in [0, 0.05) is 0 Å². The fraction of sp³-hybridized carbons (Fsp3) is 0.571. The highest BCUT2D eigenvalue weighted by Gasteiger charge is 2.33. The normalized spacial score (nSPS) is 25.7. The molecule has 0 saturated carbocycles. The molecule has 2 N–H and O–H groups in total. The molecule has 110 valence electrons. The molecule has 0 spiro atoms. The highest BCUT2D eigenvalue weighted by molar-refractivity contribution is 14.1. The van der Waals surface area contributed by atoms with Crippen molar-refractivity contribution in [3.8, 4) is 0 Å². The molecule has 2 heterocycles. The molecule has 1 saturated heterocycles. The number of alkyl halides is 1. The van der Waals surface area contributed by atoms with Crippen LogP contribution in [0.25, 0.3) is 0 Å². The summed E-state index contributed by atoms with van der Waals surface area (Å²) in [7, 11) is 0. The smallest absolute Gasteiger partial charge is 0.242 e. The van der Waals surface area contributed by atoms with Crippen molar-refractivity contribution in [1.82, 2.24) is 10.3 Å². The number of hydrogen-bond donors (Lipinski definition) is 2. The van der Waals surface area contributed by atoms with E-state index in [1.165, 1.54) is 5.56 Å². The molecule has 0 unspecified atom stereocenters. The Kier molecular flexibility index (Phi) is 5.80. The number of carbonyl (C=O) groups excluding carboxylic acids is 1. The van der Waals surface area contributed by atoms with Gasteiger partial charge in [-0.15, -0.1) is 0 Å². The van der Waals surface area contributed by atoms with Crippen LogP contribution in [0.4, 0.5) is 5.82 Å². The Hall–Kier alpha value is -0.210. The molecule has 0 radical (unpaired) electrons. The van der Waals surface area contributed by atoms with Gasteiger partial charge in [0.05, 0.1) is 10.1 Å². The van der Waals surface area contributed by atoms with Crippen LogP contribution in [0.1, 0.15) is 32.3 Å². The van der Waals surface area contributed by atoms with E-state index >= 15 is 0 Å². The molecule has 0 bridgehead atoms. The predicted octanol–water partition coefficient (Wildman–Crippen LogP) is 3.49. The second-order valence-corrected chi connectivity index (χ2v) is 7.41. The number of amides is 1. The molecule has 3 atom stereocenters. The molecule has 1 aliphatic rings. The molecular weight excluding hydrogens is 433 g/mol. The minimum atomic E-state index is -0.123. The van der Waals surface area contributed by atoms with Gasteiger partial charge in [-0.1, -0.05) is 42.9 Å². The molecule has 1 aliphatic heterocycles. The summed E-state index contributed by atoms with van der Waals surface area (Å²) < 4.78 is 1.12. The number of hydrogen-bond acceptors (Lipinski definition) is 3. The Morgan fingerprint density at radius 2 is 2.35 bits per heavy atom. The van der Waals surface area contributed by atoms with E-state index in [9.17, 15) is 4.79 Å². The lowest BCUT2D eigenvalue weighted by atomic mass is 10.1. The van der Waals surface area contributed by atoms with Crippen molar-refractivity contribution in [1.29, 1.82) is 0 Å². The lowest BCUT2D eigenvalue weighted by Gasteiger charge is -2.12. The van der Waals surface area contributed by atoms with Crippen molar-refractivity contribution in [2.75, 3.05) is 5.32 Å². The SMILES string of the molecule is CCCc1cc(Br)nc(NC(=O)[C@@H]2C[C@H](C)[C@@H](I)N2)c1. The van der Waals surface area contributed by atoms with Crippen LogP contribution in [0.5, 0.6) is 0 Å². The molecule has 1 aromatic rings. The summed E-state index contributed by atoms with van der Waals surface area (Å²) in [5, 5.41) is 6.23. The maximum absolute atomic E-state index is 12.3. The van der Waals surface area contributed by atoms with Crippen LogP contribution < -0.4 is 10.6 Å². The van der Waals surface area contributed by atoms with Crippen LogP contribution in [0, 0.1) is 5.92 Å². The van der Waals surface area contributed by atoms with Crippen LogP contribution in [0.3, 0.4) is 0 Å². The first-order chi connectivity index (χ1) is 9.49. The van der Waals surface area contributed by atoms with Crippen LogP contribution >= 0.6 is 38.5 Å². The zero-order valence-corrected chi connectivity index (χ0v) is 15.4. The fourth-order valence-electron chi connectivity index (χ4n) is 2.36. The number of nitrogens with one attached hydrogen (secondary N) is 2. The van der Waals surface area contributed by atoms with Crippen LogP contribution in [-0.2, 0) is 11.2 Å². The molecule has 0 aliphatic carbocycles. The highest BCUT2D eigenvalue weighted by Crippen LogP contribution is 2.25. The second kappa shape index (κ2) is 7.17. The summed E-state index contributed by atoms with van der Waals surface area (Å²) in [5.41, 5.74) is 1.18. The van der Waals surface area contributed by atoms with E-state index < -0.39 is 0 Å². The third-order valence-electron chi connectivity index (χ3n) is 3.43. The lowest BCUT2D eigenvalue weighted by molar-refractivity contribution is -0.117. The first-order valence-corrected chi connectivity index (χ1v) is 8.91. The van der Waals surface area contributed by atoms with Gasteiger partial charge in [0.2, 0.25) is 5.91 Å². The standard InChI is InChI=1S/C14H19BrIN3O/c1-3-4-9-6-11(15)18-12(7-9)19-14(20)10-5-8(2)13(16)17-10/h6-8,10,13,17H,3-5H2,1-2H3,(H,18,19,20)/t8-,10-,13-/m0/s1. The Balaban J connectivity index is 2.04. The zero-order chi connectivity index (χ0) is 14.7. The molecule has 2 rings (SSSR count). The molecule has 0 aromatic carbocycles. The van der Waals surface area contributed by atoms with E-state index in [1.807, 2.05) is 12.1 Å². The molecule has 1 amide bonds. The first kappa shape index (κ1) is 16.2. The van der Waals surface area contributed by atoms with Crippen LogP contribution in [0.15, 0.2) is 16.7 Å². The summed E-state index contributed by atoms with van der Waals surface area (Å²) in [4.78, 5) is 16.6. The van der Waals surface area contributed by atoms with E-state index in [0.29, 0.717) is 15.8 Å².